The van der Waals surface area contributed by atoms with E-state index in [9.17, 15) is 4.39 Å². The minimum absolute atomic E-state index is 0.165. The first-order chi connectivity index (χ1) is 7.70. The van der Waals surface area contributed by atoms with Gasteiger partial charge in [-0.2, -0.15) is 0 Å². The van der Waals surface area contributed by atoms with Crippen molar-refractivity contribution in [1.29, 1.82) is 0 Å². The fourth-order valence-electron chi connectivity index (χ4n) is 1.33. The smallest absolute Gasteiger partial charge is 0.219 e. The number of halogens is 1. The second kappa shape index (κ2) is 4.14. The van der Waals surface area contributed by atoms with E-state index in [0.29, 0.717) is 16.9 Å². The Balaban J connectivity index is 2.44. The van der Waals surface area contributed by atoms with Crippen molar-refractivity contribution in [2.24, 2.45) is 0 Å². The van der Waals surface area contributed by atoms with E-state index in [0.717, 1.165) is 0 Å². The molecule has 0 saturated carbocycles. The SMILES string of the molecule is COc1ccc(-c2cnc(N)nc2)c(F)c1. The predicted molar refractivity (Wildman–Crippen MR) is 58.4 cm³/mol. The van der Waals surface area contributed by atoms with Crippen molar-refractivity contribution in [3.63, 3.8) is 0 Å². The average Bonchev–Trinajstić information content (AvgIpc) is 2.30. The maximum Gasteiger partial charge on any atom is 0.219 e. The van der Waals surface area contributed by atoms with Crippen LogP contribution in [0, 0.1) is 5.82 Å². The lowest BCUT2D eigenvalue weighted by molar-refractivity contribution is 0.411. The largest absolute Gasteiger partial charge is 0.497 e. The topological polar surface area (TPSA) is 61.0 Å². The minimum atomic E-state index is -0.382. The van der Waals surface area contributed by atoms with Gasteiger partial charge in [0.25, 0.3) is 0 Å². The molecule has 0 fully saturated rings. The quantitative estimate of drug-likeness (QED) is 0.837. The van der Waals surface area contributed by atoms with E-state index < -0.39 is 0 Å². The van der Waals surface area contributed by atoms with Gasteiger partial charge in [0.1, 0.15) is 11.6 Å². The maximum absolute atomic E-state index is 13.7. The van der Waals surface area contributed by atoms with Crippen LogP contribution in [0.4, 0.5) is 10.3 Å². The van der Waals surface area contributed by atoms with Gasteiger partial charge < -0.3 is 10.5 Å². The molecule has 0 bridgehead atoms. The van der Waals surface area contributed by atoms with Crippen LogP contribution in [0.15, 0.2) is 30.6 Å². The molecular weight excluding hydrogens is 209 g/mol. The first-order valence-corrected chi connectivity index (χ1v) is 4.62. The lowest BCUT2D eigenvalue weighted by Gasteiger charge is -2.05. The van der Waals surface area contributed by atoms with E-state index >= 15 is 0 Å². The Labute approximate surface area is 91.9 Å². The molecule has 2 rings (SSSR count). The van der Waals surface area contributed by atoms with Crippen molar-refractivity contribution >= 4 is 5.95 Å². The molecule has 0 spiro atoms. The third kappa shape index (κ3) is 1.93. The van der Waals surface area contributed by atoms with Crippen LogP contribution >= 0.6 is 0 Å². The molecule has 0 atom stereocenters. The fraction of sp³-hybridized carbons (Fsp3) is 0.0909. The van der Waals surface area contributed by atoms with Crippen LogP contribution in [0.1, 0.15) is 0 Å². The second-order valence-corrected chi connectivity index (χ2v) is 3.18. The number of methoxy groups -OCH3 is 1. The predicted octanol–water partition coefficient (Wildman–Crippen LogP) is 1.87. The Kier molecular flexibility index (Phi) is 2.68. The molecule has 4 nitrogen and oxygen atoms in total. The van der Waals surface area contributed by atoms with Crippen molar-refractivity contribution < 1.29 is 9.13 Å². The van der Waals surface area contributed by atoms with Crippen LogP contribution in [-0.2, 0) is 0 Å². The van der Waals surface area contributed by atoms with Gasteiger partial charge in [0.05, 0.1) is 7.11 Å². The van der Waals surface area contributed by atoms with Crippen molar-refractivity contribution in [3.8, 4) is 16.9 Å². The lowest BCUT2D eigenvalue weighted by atomic mass is 10.1. The van der Waals surface area contributed by atoms with Crippen LogP contribution in [0.5, 0.6) is 5.75 Å². The normalized spacial score (nSPS) is 10.1. The zero-order valence-electron chi connectivity index (χ0n) is 8.64. The van der Waals surface area contributed by atoms with Crippen LogP contribution in [0.25, 0.3) is 11.1 Å². The maximum atomic E-state index is 13.7. The summed E-state index contributed by atoms with van der Waals surface area (Å²) in [5.41, 5.74) is 6.35. The van der Waals surface area contributed by atoms with Gasteiger partial charge >= 0.3 is 0 Å². The van der Waals surface area contributed by atoms with Crippen LogP contribution in [-0.4, -0.2) is 17.1 Å². The van der Waals surface area contributed by atoms with E-state index in [-0.39, 0.29) is 11.8 Å². The van der Waals surface area contributed by atoms with Crippen LogP contribution in [0.2, 0.25) is 0 Å². The minimum Gasteiger partial charge on any atom is -0.497 e. The highest BCUT2D eigenvalue weighted by Gasteiger charge is 2.07. The highest BCUT2D eigenvalue weighted by Crippen LogP contribution is 2.25. The molecule has 0 amide bonds. The molecule has 82 valence electrons. The third-order valence-corrected chi connectivity index (χ3v) is 2.16. The van der Waals surface area contributed by atoms with Gasteiger partial charge in [-0.25, -0.2) is 14.4 Å². The summed E-state index contributed by atoms with van der Waals surface area (Å²) in [5.74, 6) is 0.253. The molecule has 1 aromatic carbocycles. The zero-order valence-corrected chi connectivity index (χ0v) is 8.64. The van der Waals surface area contributed by atoms with Crippen molar-refractivity contribution in [1.82, 2.24) is 9.97 Å². The summed E-state index contributed by atoms with van der Waals surface area (Å²) in [6, 6.07) is 4.60. The molecule has 0 saturated heterocycles. The van der Waals surface area contributed by atoms with Crippen LogP contribution < -0.4 is 10.5 Å². The van der Waals surface area contributed by atoms with Crippen LogP contribution in [0.3, 0.4) is 0 Å². The molecular formula is C11H10FN3O. The molecule has 1 heterocycles. The Morgan fingerprint density at radius 2 is 1.94 bits per heavy atom. The van der Waals surface area contributed by atoms with Gasteiger partial charge in [-0.15, -0.1) is 0 Å². The number of benzene rings is 1. The summed E-state index contributed by atoms with van der Waals surface area (Å²) in [5, 5.41) is 0. The van der Waals surface area contributed by atoms with Gasteiger partial charge in [-0.1, -0.05) is 0 Å². The number of anilines is 1. The highest BCUT2D eigenvalue weighted by atomic mass is 19.1. The number of nitrogen functional groups attached to an aromatic ring is 1. The standard InChI is InChI=1S/C11H10FN3O/c1-16-8-2-3-9(10(12)4-8)7-5-14-11(13)15-6-7/h2-6H,1H3,(H2,13,14,15). The molecule has 0 aliphatic heterocycles. The van der Waals surface area contributed by atoms with Gasteiger partial charge in [-0.05, 0) is 12.1 Å². The first kappa shape index (κ1) is 10.4. The number of hydrogen-bond acceptors (Lipinski definition) is 4. The summed E-state index contributed by atoms with van der Waals surface area (Å²) in [6.07, 6.45) is 2.96. The molecule has 0 aliphatic carbocycles. The Hall–Kier alpha value is -2.17. The van der Waals surface area contributed by atoms with E-state index in [1.807, 2.05) is 0 Å². The molecule has 0 unspecified atom stereocenters. The highest BCUT2D eigenvalue weighted by molar-refractivity contribution is 5.63. The van der Waals surface area contributed by atoms with Gasteiger partial charge in [-0.3, -0.25) is 0 Å². The van der Waals surface area contributed by atoms with Gasteiger partial charge in [0.2, 0.25) is 5.95 Å². The number of ether oxygens (including phenoxy) is 1. The number of rotatable bonds is 2. The van der Waals surface area contributed by atoms with E-state index in [4.69, 9.17) is 10.5 Å². The summed E-state index contributed by atoms with van der Waals surface area (Å²) in [6.45, 7) is 0. The zero-order chi connectivity index (χ0) is 11.5. The monoisotopic (exact) mass is 219 g/mol. The van der Waals surface area contributed by atoms with Crippen molar-refractivity contribution in [2.75, 3.05) is 12.8 Å². The van der Waals surface area contributed by atoms with E-state index in [2.05, 4.69) is 9.97 Å². The number of nitrogens with zero attached hydrogens (tertiary/aromatic N) is 2. The molecule has 0 aliphatic rings. The molecule has 2 aromatic rings. The second-order valence-electron chi connectivity index (χ2n) is 3.18. The Morgan fingerprint density at radius 1 is 1.25 bits per heavy atom. The first-order valence-electron chi connectivity index (χ1n) is 4.62. The van der Waals surface area contributed by atoms with Gasteiger partial charge in [0, 0.05) is 29.6 Å². The van der Waals surface area contributed by atoms with Gasteiger partial charge in [0.15, 0.2) is 0 Å². The number of aromatic nitrogens is 2. The molecule has 2 N–H and O–H groups in total. The summed E-state index contributed by atoms with van der Waals surface area (Å²) in [4.78, 5) is 7.62. The summed E-state index contributed by atoms with van der Waals surface area (Å²) < 4.78 is 18.6. The summed E-state index contributed by atoms with van der Waals surface area (Å²) in [7, 11) is 1.49. The summed E-state index contributed by atoms with van der Waals surface area (Å²) >= 11 is 0. The van der Waals surface area contributed by atoms with Crippen molar-refractivity contribution in [2.45, 2.75) is 0 Å². The molecule has 5 heteroatoms. The Bertz CT molecular complexity index is 499. The van der Waals surface area contributed by atoms with Crippen molar-refractivity contribution in [3.05, 3.63) is 36.4 Å². The number of hydrogen-bond donors (Lipinski definition) is 1. The molecule has 1 aromatic heterocycles. The third-order valence-electron chi connectivity index (χ3n) is 2.16. The fourth-order valence-corrected chi connectivity index (χ4v) is 1.33. The Morgan fingerprint density at radius 3 is 2.50 bits per heavy atom. The average molecular weight is 219 g/mol. The molecule has 0 radical (unpaired) electrons. The lowest BCUT2D eigenvalue weighted by Crippen LogP contribution is -1.95. The van der Waals surface area contributed by atoms with E-state index in [1.165, 1.54) is 25.6 Å². The number of nitrogens with two attached hydrogens (primary N) is 1. The molecule has 16 heavy (non-hydrogen) atoms. The van der Waals surface area contributed by atoms with E-state index in [1.54, 1.807) is 12.1 Å².